The van der Waals surface area contributed by atoms with Crippen LogP contribution in [-0.2, 0) is 0 Å². The van der Waals surface area contributed by atoms with Crippen molar-refractivity contribution >= 4 is 28.4 Å². The van der Waals surface area contributed by atoms with E-state index in [1.54, 1.807) is 13.1 Å². The van der Waals surface area contributed by atoms with E-state index in [4.69, 9.17) is 0 Å². The molecule has 25 heavy (non-hydrogen) atoms. The number of aryl methyl sites for hydroxylation is 1. The van der Waals surface area contributed by atoms with Crippen molar-refractivity contribution in [3.8, 4) is 0 Å². The van der Waals surface area contributed by atoms with Gasteiger partial charge in [0.05, 0.1) is 17.4 Å². The average Bonchev–Trinajstić information content (AvgIpc) is 3.34. The predicted octanol–water partition coefficient (Wildman–Crippen LogP) is 2.09. The van der Waals surface area contributed by atoms with E-state index in [0.717, 1.165) is 36.1 Å². The highest BCUT2D eigenvalue weighted by Gasteiger charge is 2.39. The fraction of sp³-hybridized carbons (Fsp3) is 0.353. The van der Waals surface area contributed by atoms with Gasteiger partial charge >= 0.3 is 0 Å². The van der Waals surface area contributed by atoms with Gasteiger partial charge in [-0.15, -0.1) is 0 Å². The van der Waals surface area contributed by atoms with Gasteiger partial charge in [0.2, 0.25) is 5.95 Å². The molecule has 3 N–H and O–H groups in total. The van der Waals surface area contributed by atoms with Crippen molar-refractivity contribution < 1.29 is 4.39 Å². The van der Waals surface area contributed by atoms with Crippen LogP contribution < -0.4 is 15.5 Å². The highest BCUT2D eigenvalue weighted by Crippen LogP contribution is 2.30. The van der Waals surface area contributed by atoms with E-state index in [-0.39, 0.29) is 5.82 Å². The molecule has 2 aliphatic rings. The second-order valence-corrected chi connectivity index (χ2v) is 6.72. The lowest BCUT2D eigenvalue weighted by Crippen LogP contribution is -2.44. The number of aromatic amines is 1. The molecule has 3 aromatic rings. The van der Waals surface area contributed by atoms with Gasteiger partial charge in [0.15, 0.2) is 11.6 Å². The topological polar surface area (TPSA) is 81.8 Å². The molecule has 0 spiro atoms. The van der Waals surface area contributed by atoms with Gasteiger partial charge in [-0.2, -0.15) is 10.1 Å². The lowest BCUT2D eigenvalue weighted by molar-refractivity contribution is 0.564. The molecule has 1 aromatic carbocycles. The fourth-order valence-electron chi connectivity index (χ4n) is 3.72. The minimum Gasteiger partial charge on any atom is -0.338 e. The zero-order chi connectivity index (χ0) is 17.0. The maximum absolute atomic E-state index is 14.6. The third-order valence-electron chi connectivity index (χ3n) is 5.02. The summed E-state index contributed by atoms with van der Waals surface area (Å²) in [4.78, 5) is 11.0. The van der Waals surface area contributed by atoms with Crippen LogP contribution in [0.1, 0.15) is 12.1 Å². The Morgan fingerprint density at radius 2 is 2.24 bits per heavy atom. The van der Waals surface area contributed by atoms with Gasteiger partial charge in [-0.3, -0.25) is 5.10 Å². The lowest BCUT2D eigenvalue weighted by Gasteiger charge is -2.28. The van der Waals surface area contributed by atoms with E-state index in [0.29, 0.717) is 23.7 Å². The zero-order valence-corrected chi connectivity index (χ0v) is 13.8. The number of hydrogen-bond donors (Lipinski definition) is 3. The normalized spacial score (nSPS) is 22.1. The average molecular weight is 339 g/mol. The van der Waals surface area contributed by atoms with Crippen molar-refractivity contribution in [2.45, 2.75) is 25.4 Å². The molecule has 2 unspecified atom stereocenters. The minimum absolute atomic E-state index is 0.209. The molecule has 0 saturated carbocycles. The van der Waals surface area contributed by atoms with Crippen molar-refractivity contribution in [2.75, 3.05) is 23.3 Å². The molecular weight excluding hydrogens is 321 g/mol. The zero-order valence-electron chi connectivity index (χ0n) is 13.8. The summed E-state index contributed by atoms with van der Waals surface area (Å²) in [6, 6.07) is 6.57. The number of hydrogen-bond acceptors (Lipinski definition) is 6. The lowest BCUT2D eigenvalue weighted by atomic mass is 10.2. The van der Waals surface area contributed by atoms with E-state index in [9.17, 15) is 4.39 Å². The number of nitrogens with one attached hydrogen (secondary N) is 3. The van der Waals surface area contributed by atoms with Crippen LogP contribution in [0.15, 0.2) is 24.4 Å². The number of benzene rings is 1. The maximum Gasteiger partial charge on any atom is 0.228 e. The largest absolute Gasteiger partial charge is 0.338 e. The van der Waals surface area contributed by atoms with Crippen molar-refractivity contribution in [1.82, 2.24) is 25.5 Å². The van der Waals surface area contributed by atoms with E-state index in [2.05, 4.69) is 35.7 Å². The Morgan fingerprint density at radius 1 is 1.32 bits per heavy atom. The van der Waals surface area contributed by atoms with Crippen LogP contribution >= 0.6 is 0 Å². The molecule has 0 radical (unpaired) electrons. The molecule has 2 aliphatic heterocycles. The summed E-state index contributed by atoms with van der Waals surface area (Å²) < 4.78 is 14.6. The van der Waals surface area contributed by atoms with Gasteiger partial charge in [-0.25, -0.2) is 9.37 Å². The SMILES string of the molecule is Cc1nc(N2CC3CC2CN3)nc(Nc2ccc3[nH]ncc3c2)c1F. The third kappa shape index (κ3) is 2.41. The van der Waals surface area contributed by atoms with Crippen LogP contribution in [0.3, 0.4) is 0 Å². The summed E-state index contributed by atoms with van der Waals surface area (Å²) in [7, 11) is 0. The Balaban J connectivity index is 1.49. The molecule has 0 amide bonds. The first-order valence-electron chi connectivity index (χ1n) is 8.42. The molecule has 2 fully saturated rings. The fourth-order valence-corrected chi connectivity index (χ4v) is 3.72. The molecule has 0 aliphatic carbocycles. The highest BCUT2D eigenvalue weighted by molar-refractivity contribution is 5.82. The standard InChI is InChI=1S/C17H18FN7/c1-9-15(18)16(22-11-2-3-14-10(4-11)6-20-24-14)23-17(21-9)25-8-12-5-13(25)7-19-12/h2-4,6,12-13,19H,5,7-8H2,1H3,(H,20,24)(H,21,22,23). The van der Waals surface area contributed by atoms with Crippen LogP contribution in [0.25, 0.3) is 10.9 Å². The molecule has 5 rings (SSSR count). The van der Waals surface area contributed by atoms with Gasteiger partial charge in [0, 0.05) is 36.2 Å². The summed E-state index contributed by atoms with van der Waals surface area (Å²) in [6.07, 6.45) is 2.83. The van der Waals surface area contributed by atoms with E-state index in [1.807, 2.05) is 18.2 Å². The molecule has 8 heteroatoms. The molecule has 128 valence electrons. The Hall–Kier alpha value is -2.74. The van der Waals surface area contributed by atoms with E-state index in [1.165, 1.54) is 0 Å². The smallest absolute Gasteiger partial charge is 0.228 e. The van der Waals surface area contributed by atoms with Crippen molar-refractivity contribution in [1.29, 1.82) is 0 Å². The van der Waals surface area contributed by atoms with Gasteiger partial charge in [-0.05, 0) is 31.5 Å². The number of anilines is 3. The van der Waals surface area contributed by atoms with Crippen molar-refractivity contribution in [3.63, 3.8) is 0 Å². The Bertz CT molecular complexity index is 953. The summed E-state index contributed by atoms with van der Waals surface area (Å²) >= 11 is 0. The Kier molecular flexibility index (Phi) is 3.14. The maximum atomic E-state index is 14.6. The molecule has 2 saturated heterocycles. The molecule has 2 bridgehead atoms. The third-order valence-corrected chi connectivity index (χ3v) is 5.02. The van der Waals surface area contributed by atoms with Crippen LogP contribution in [0.5, 0.6) is 0 Å². The monoisotopic (exact) mass is 339 g/mol. The molecule has 7 nitrogen and oxygen atoms in total. The summed E-state index contributed by atoms with van der Waals surface area (Å²) in [5.41, 5.74) is 2.06. The molecule has 2 atom stereocenters. The number of aromatic nitrogens is 4. The van der Waals surface area contributed by atoms with E-state index >= 15 is 0 Å². The minimum atomic E-state index is -0.418. The van der Waals surface area contributed by atoms with Crippen LogP contribution in [-0.4, -0.2) is 45.3 Å². The summed E-state index contributed by atoms with van der Waals surface area (Å²) in [5, 5.41) is 14.4. The Morgan fingerprint density at radius 3 is 3.04 bits per heavy atom. The molecule has 4 heterocycles. The second-order valence-electron chi connectivity index (χ2n) is 6.72. The van der Waals surface area contributed by atoms with Gasteiger partial charge in [0.25, 0.3) is 0 Å². The number of rotatable bonds is 3. The first-order chi connectivity index (χ1) is 12.2. The predicted molar refractivity (Wildman–Crippen MR) is 93.6 cm³/mol. The first kappa shape index (κ1) is 14.6. The van der Waals surface area contributed by atoms with Gasteiger partial charge in [-0.1, -0.05) is 0 Å². The highest BCUT2D eigenvalue weighted by atomic mass is 19.1. The van der Waals surface area contributed by atoms with Crippen molar-refractivity contribution in [2.24, 2.45) is 0 Å². The number of piperazine rings is 1. The van der Waals surface area contributed by atoms with Crippen LogP contribution in [0, 0.1) is 12.7 Å². The Labute approximate surface area is 143 Å². The molecule has 2 aromatic heterocycles. The van der Waals surface area contributed by atoms with E-state index < -0.39 is 5.82 Å². The molecular formula is C17H18FN7. The van der Waals surface area contributed by atoms with Gasteiger partial charge in [0.1, 0.15) is 0 Å². The second kappa shape index (κ2) is 5.38. The number of nitrogens with zero attached hydrogens (tertiary/aromatic N) is 4. The summed E-state index contributed by atoms with van der Waals surface area (Å²) in [5.74, 6) is 0.388. The number of halogens is 1. The van der Waals surface area contributed by atoms with Crippen molar-refractivity contribution in [3.05, 3.63) is 35.9 Å². The number of H-pyrrole nitrogens is 1. The number of fused-ring (bicyclic) bond motifs is 3. The quantitative estimate of drug-likeness (QED) is 0.678. The van der Waals surface area contributed by atoms with Crippen LogP contribution in [0.2, 0.25) is 0 Å². The summed E-state index contributed by atoms with van der Waals surface area (Å²) in [6.45, 7) is 3.48. The van der Waals surface area contributed by atoms with Crippen LogP contribution in [0.4, 0.5) is 21.8 Å². The van der Waals surface area contributed by atoms with Gasteiger partial charge < -0.3 is 15.5 Å². The first-order valence-corrected chi connectivity index (χ1v) is 8.42.